The second-order valence-corrected chi connectivity index (χ2v) is 3.53. The molecule has 0 aromatic rings. The molecule has 0 aromatic heterocycles. The van der Waals surface area contributed by atoms with Crippen molar-refractivity contribution in [1.29, 1.82) is 0 Å². The summed E-state index contributed by atoms with van der Waals surface area (Å²) in [5.74, 6) is -6.18. The predicted octanol–water partition coefficient (Wildman–Crippen LogP) is -0.604. The Hall–Kier alpha value is -0.690. The average molecular weight is 306 g/mol. The van der Waals surface area contributed by atoms with Gasteiger partial charge in [-0.2, -0.15) is 30.7 Å². The minimum Gasteiger partial charge on any atom is -0.394 e. The van der Waals surface area contributed by atoms with Gasteiger partial charge in [-0.3, -0.25) is 5.73 Å². The highest BCUT2D eigenvalue weighted by Crippen LogP contribution is 2.43. The molecule has 0 aliphatic rings. The number of rotatable bonds is 4. The zero-order chi connectivity index (χ0) is 16.1. The molecular weight excluding hydrogens is 293 g/mol. The Morgan fingerprint density at radius 2 is 0.947 bits per heavy atom. The molecule has 0 saturated heterocycles. The van der Waals surface area contributed by atoms with Crippen LogP contribution in [0.25, 0.3) is 0 Å². The van der Waals surface area contributed by atoms with E-state index in [0.29, 0.717) is 0 Å². The van der Waals surface area contributed by atoms with E-state index < -0.39 is 43.5 Å². The SMILES string of the molecule is NC(CO)(CO)CO.NC(F)(F)C(F)(F)C(F)(F)F. The Bertz CT molecular complexity index is 238. The van der Waals surface area contributed by atoms with Gasteiger partial charge in [0.15, 0.2) is 0 Å². The molecule has 12 heteroatoms. The van der Waals surface area contributed by atoms with Gasteiger partial charge in [0, 0.05) is 0 Å². The number of aliphatic hydroxyl groups excluding tert-OH is 3. The van der Waals surface area contributed by atoms with E-state index >= 15 is 0 Å². The third kappa shape index (κ3) is 5.86. The van der Waals surface area contributed by atoms with Crippen LogP contribution in [-0.4, -0.2) is 58.8 Å². The molecule has 0 atom stereocenters. The van der Waals surface area contributed by atoms with Crippen molar-refractivity contribution in [3.63, 3.8) is 0 Å². The topological polar surface area (TPSA) is 113 Å². The summed E-state index contributed by atoms with van der Waals surface area (Å²) < 4.78 is 78.5. The quantitative estimate of drug-likeness (QED) is 0.351. The van der Waals surface area contributed by atoms with E-state index in [2.05, 4.69) is 5.73 Å². The largest absolute Gasteiger partial charge is 0.461 e. The van der Waals surface area contributed by atoms with Crippen LogP contribution in [0, 0.1) is 0 Å². The van der Waals surface area contributed by atoms with Crippen molar-refractivity contribution in [1.82, 2.24) is 0 Å². The molecule has 7 N–H and O–H groups in total. The maximum Gasteiger partial charge on any atom is 0.461 e. The smallest absolute Gasteiger partial charge is 0.394 e. The van der Waals surface area contributed by atoms with Gasteiger partial charge in [0.1, 0.15) is 0 Å². The van der Waals surface area contributed by atoms with Crippen molar-refractivity contribution in [2.75, 3.05) is 19.8 Å². The van der Waals surface area contributed by atoms with Gasteiger partial charge in [0.2, 0.25) is 0 Å². The fourth-order valence-electron chi connectivity index (χ4n) is 0.339. The molecule has 0 unspecified atom stereocenters. The second kappa shape index (κ2) is 6.65. The molecule has 0 fully saturated rings. The standard InChI is InChI=1S/C4H11NO3.C3H2F7N/c5-4(1-6,2-7)3-8;4-1(5,2(6,7)8)3(9,10)11/h6-8H,1-3,5H2;11H2. The summed E-state index contributed by atoms with van der Waals surface area (Å²) in [5.41, 5.74) is 7.23. The maximum absolute atomic E-state index is 11.4. The van der Waals surface area contributed by atoms with Crippen molar-refractivity contribution in [3.8, 4) is 0 Å². The van der Waals surface area contributed by atoms with Crippen molar-refractivity contribution in [2.45, 2.75) is 23.7 Å². The molecule has 0 spiro atoms. The summed E-state index contributed by atoms with van der Waals surface area (Å²) in [5, 5.41) is 25.0. The van der Waals surface area contributed by atoms with Crippen LogP contribution in [0.5, 0.6) is 0 Å². The predicted molar refractivity (Wildman–Crippen MR) is 48.3 cm³/mol. The summed E-state index contributed by atoms with van der Waals surface area (Å²) in [7, 11) is 0. The lowest BCUT2D eigenvalue weighted by Crippen LogP contribution is -2.57. The Labute approximate surface area is 102 Å². The van der Waals surface area contributed by atoms with Gasteiger partial charge in [0.05, 0.1) is 25.4 Å². The second-order valence-electron chi connectivity index (χ2n) is 3.53. The number of halogens is 7. The minimum absolute atomic E-state index is 0.403. The van der Waals surface area contributed by atoms with Gasteiger partial charge in [-0.05, 0) is 0 Å². The Balaban J connectivity index is 0. The van der Waals surface area contributed by atoms with Crippen LogP contribution in [0.15, 0.2) is 0 Å². The summed E-state index contributed by atoms with van der Waals surface area (Å²) in [6.45, 7) is -1.21. The third-order valence-corrected chi connectivity index (χ3v) is 1.72. The molecular formula is C7H13F7N2O3. The van der Waals surface area contributed by atoms with Crippen LogP contribution in [0.1, 0.15) is 0 Å². The molecule has 0 radical (unpaired) electrons. The summed E-state index contributed by atoms with van der Waals surface area (Å²) in [6.07, 6.45) is -6.33. The van der Waals surface area contributed by atoms with Crippen LogP contribution in [0.4, 0.5) is 30.7 Å². The van der Waals surface area contributed by atoms with Crippen LogP contribution < -0.4 is 11.5 Å². The van der Waals surface area contributed by atoms with E-state index in [0.717, 1.165) is 0 Å². The van der Waals surface area contributed by atoms with Crippen molar-refractivity contribution in [3.05, 3.63) is 0 Å². The highest BCUT2D eigenvalue weighted by molar-refractivity contribution is 4.86. The van der Waals surface area contributed by atoms with E-state index in [4.69, 9.17) is 21.1 Å². The first-order valence-electron chi connectivity index (χ1n) is 4.41. The zero-order valence-corrected chi connectivity index (χ0v) is 9.26. The van der Waals surface area contributed by atoms with Gasteiger partial charge in [0.25, 0.3) is 0 Å². The monoisotopic (exact) mass is 306 g/mol. The Morgan fingerprint density at radius 3 is 0.947 bits per heavy atom. The van der Waals surface area contributed by atoms with Crippen molar-refractivity contribution in [2.24, 2.45) is 11.5 Å². The fourth-order valence-corrected chi connectivity index (χ4v) is 0.339. The van der Waals surface area contributed by atoms with Gasteiger partial charge < -0.3 is 21.1 Å². The number of alkyl halides is 7. The summed E-state index contributed by atoms with van der Waals surface area (Å²) in [4.78, 5) is 0. The van der Waals surface area contributed by atoms with Gasteiger partial charge in [-0.25, -0.2) is 0 Å². The average Bonchev–Trinajstić information content (AvgIpc) is 2.26. The van der Waals surface area contributed by atoms with E-state index in [1.165, 1.54) is 0 Å². The number of nitrogens with two attached hydrogens (primary N) is 2. The molecule has 5 nitrogen and oxygen atoms in total. The van der Waals surface area contributed by atoms with E-state index in [-0.39, 0.29) is 0 Å². The van der Waals surface area contributed by atoms with Crippen LogP contribution in [0.3, 0.4) is 0 Å². The van der Waals surface area contributed by atoms with Crippen molar-refractivity contribution < 1.29 is 46.1 Å². The molecule has 0 bridgehead atoms. The maximum atomic E-state index is 11.4. The van der Waals surface area contributed by atoms with E-state index in [9.17, 15) is 30.7 Å². The molecule has 118 valence electrons. The lowest BCUT2D eigenvalue weighted by Gasteiger charge is -2.24. The molecule has 0 rings (SSSR count). The fraction of sp³-hybridized carbons (Fsp3) is 1.00. The number of hydrogen-bond donors (Lipinski definition) is 5. The van der Waals surface area contributed by atoms with Crippen LogP contribution >= 0.6 is 0 Å². The zero-order valence-electron chi connectivity index (χ0n) is 9.26. The van der Waals surface area contributed by atoms with Crippen LogP contribution in [0.2, 0.25) is 0 Å². The van der Waals surface area contributed by atoms with Gasteiger partial charge in [-0.1, -0.05) is 0 Å². The number of aliphatic hydroxyl groups is 3. The van der Waals surface area contributed by atoms with E-state index in [1.807, 2.05) is 0 Å². The summed E-state index contributed by atoms with van der Waals surface area (Å²) >= 11 is 0. The first-order valence-corrected chi connectivity index (χ1v) is 4.41. The minimum atomic E-state index is -6.33. The summed E-state index contributed by atoms with van der Waals surface area (Å²) in [6, 6.07) is -5.58. The first kappa shape index (κ1) is 20.6. The highest BCUT2D eigenvalue weighted by Gasteiger charge is 2.71. The highest BCUT2D eigenvalue weighted by atomic mass is 19.4. The van der Waals surface area contributed by atoms with E-state index in [1.54, 1.807) is 0 Å². The molecule has 0 aliphatic carbocycles. The normalized spacial score (nSPS) is 13.9. The van der Waals surface area contributed by atoms with Gasteiger partial charge in [-0.15, -0.1) is 0 Å². The molecule has 0 heterocycles. The molecule has 0 amide bonds. The van der Waals surface area contributed by atoms with Crippen molar-refractivity contribution >= 4 is 0 Å². The Kier molecular flexibility index (Phi) is 7.22. The van der Waals surface area contributed by atoms with Crippen LogP contribution in [-0.2, 0) is 0 Å². The molecule has 0 aromatic carbocycles. The lowest BCUT2D eigenvalue weighted by molar-refractivity contribution is -0.353. The lowest BCUT2D eigenvalue weighted by atomic mass is 10.1. The molecule has 0 saturated carbocycles. The molecule has 19 heavy (non-hydrogen) atoms. The number of hydrogen-bond acceptors (Lipinski definition) is 5. The molecule has 0 aliphatic heterocycles. The first-order chi connectivity index (χ1) is 8.18. The van der Waals surface area contributed by atoms with Gasteiger partial charge >= 0.3 is 18.1 Å². The third-order valence-electron chi connectivity index (χ3n) is 1.72. The Morgan fingerprint density at radius 1 is 0.684 bits per heavy atom.